The molecule has 0 atom stereocenters. The van der Waals surface area contributed by atoms with Crippen molar-refractivity contribution >= 4 is 35.0 Å². The molecule has 0 bridgehead atoms. The first kappa shape index (κ1) is 14.4. The molecule has 0 heterocycles. The Morgan fingerprint density at radius 3 is 2.39 bits per heavy atom. The SMILES string of the molecule is CC/C(=C\c1c(Cl)ccc([N+](=O)[O-])c1Cl)[N+](=O)[O-]. The van der Waals surface area contributed by atoms with Gasteiger partial charge in [0.1, 0.15) is 5.02 Å². The van der Waals surface area contributed by atoms with Crippen LogP contribution in [0.25, 0.3) is 6.08 Å². The van der Waals surface area contributed by atoms with Crippen molar-refractivity contribution in [3.8, 4) is 0 Å². The first-order valence-electron chi connectivity index (χ1n) is 4.85. The van der Waals surface area contributed by atoms with Crippen molar-refractivity contribution in [3.63, 3.8) is 0 Å². The minimum absolute atomic E-state index is 0.0843. The van der Waals surface area contributed by atoms with Gasteiger partial charge in [-0.2, -0.15) is 0 Å². The summed E-state index contributed by atoms with van der Waals surface area (Å²) in [5, 5.41) is 21.3. The lowest BCUT2D eigenvalue weighted by molar-refractivity contribution is -0.425. The van der Waals surface area contributed by atoms with Crippen LogP contribution in [0.2, 0.25) is 10.0 Å². The van der Waals surface area contributed by atoms with E-state index >= 15 is 0 Å². The van der Waals surface area contributed by atoms with Gasteiger partial charge in [-0.25, -0.2) is 0 Å². The molecular formula is C10H8Cl2N2O4. The van der Waals surface area contributed by atoms with Gasteiger partial charge in [0.2, 0.25) is 5.70 Å². The van der Waals surface area contributed by atoms with Gasteiger partial charge in [0.05, 0.1) is 14.9 Å². The lowest BCUT2D eigenvalue weighted by atomic mass is 10.1. The molecule has 0 N–H and O–H groups in total. The number of allylic oxidation sites excluding steroid dienone is 1. The fourth-order valence-electron chi connectivity index (χ4n) is 1.28. The highest BCUT2D eigenvalue weighted by Gasteiger charge is 2.19. The smallest absolute Gasteiger partial charge is 0.259 e. The van der Waals surface area contributed by atoms with E-state index in [2.05, 4.69) is 0 Å². The van der Waals surface area contributed by atoms with Crippen LogP contribution in [0.4, 0.5) is 5.69 Å². The molecule has 0 saturated heterocycles. The van der Waals surface area contributed by atoms with E-state index in [9.17, 15) is 20.2 Å². The maximum atomic E-state index is 10.7. The normalized spacial score (nSPS) is 11.4. The summed E-state index contributed by atoms with van der Waals surface area (Å²) in [6, 6.07) is 2.43. The van der Waals surface area contributed by atoms with Crippen LogP contribution in [0.1, 0.15) is 18.9 Å². The molecule has 1 rings (SSSR count). The molecule has 1 aromatic carbocycles. The number of rotatable bonds is 4. The number of nitro groups is 2. The summed E-state index contributed by atoms with van der Waals surface area (Å²) < 4.78 is 0. The van der Waals surface area contributed by atoms with E-state index < -0.39 is 9.85 Å². The Morgan fingerprint density at radius 1 is 1.33 bits per heavy atom. The predicted molar refractivity (Wildman–Crippen MR) is 68.4 cm³/mol. The molecule has 0 aliphatic rings. The summed E-state index contributed by atoms with van der Waals surface area (Å²) in [6.07, 6.45) is 1.31. The maximum Gasteiger partial charge on any atom is 0.288 e. The van der Waals surface area contributed by atoms with Gasteiger partial charge in [0, 0.05) is 24.1 Å². The quantitative estimate of drug-likeness (QED) is 0.621. The number of halogens is 2. The summed E-state index contributed by atoms with van der Waals surface area (Å²) in [5.41, 5.74) is -0.383. The van der Waals surface area contributed by atoms with E-state index in [0.717, 1.165) is 12.1 Å². The van der Waals surface area contributed by atoms with Crippen molar-refractivity contribution in [2.75, 3.05) is 0 Å². The first-order chi connectivity index (χ1) is 8.38. The Hall–Kier alpha value is -1.66. The molecule has 0 aliphatic carbocycles. The number of nitrogens with zero attached hydrogens (tertiary/aromatic N) is 2. The second-order valence-corrected chi connectivity index (χ2v) is 4.08. The van der Waals surface area contributed by atoms with Crippen molar-refractivity contribution in [2.24, 2.45) is 0 Å². The van der Waals surface area contributed by atoms with E-state index in [4.69, 9.17) is 23.2 Å². The van der Waals surface area contributed by atoms with Crippen LogP contribution in [0.15, 0.2) is 17.8 Å². The molecule has 0 fully saturated rings. The third-order valence-corrected chi connectivity index (χ3v) is 2.94. The molecule has 0 aromatic heterocycles. The van der Waals surface area contributed by atoms with Gasteiger partial charge in [0.15, 0.2) is 0 Å². The lowest BCUT2D eigenvalue weighted by Gasteiger charge is -2.03. The zero-order chi connectivity index (χ0) is 13.9. The molecule has 8 heteroatoms. The largest absolute Gasteiger partial charge is 0.288 e. The van der Waals surface area contributed by atoms with E-state index in [0.29, 0.717) is 0 Å². The number of hydrogen-bond acceptors (Lipinski definition) is 4. The Labute approximate surface area is 112 Å². The van der Waals surface area contributed by atoms with Crippen LogP contribution < -0.4 is 0 Å². The molecule has 18 heavy (non-hydrogen) atoms. The molecule has 0 aliphatic heterocycles. The van der Waals surface area contributed by atoms with E-state index in [1.165, 1.54) is 6.07 Å². The molecule has 1 aromatic rings. The first-order valence-corrected chi connectivity index (χ1v) is 5.61. The zero-order valence-corrected chi connectivity index (χ0v) is 10.7. The van der Waals surface area contributed by atoms with Crippen LogP contribution in [0.5, 0.6) is 0 Å². The van der Waals surface area contributed by atoms with Gasteiger partial charge >= 0.3 is 0 Å². The van der Waals surface area contributed by atoms with Crippen molar-refractivity contribution in [1.29, 1.82) is 0 Å². The molecule has 0 saturated carbocycles. The highest BCUT2D eigenvalue weighted by Crippen LogP contribution is 2.34. The second-order valence-electron chi connectivity index (χ2n) is 3.30. The van der Waals surface area contributed by atoms with Crippen molar-refractivity contribution in [1.82, 2.24) is 0 Å². The van der Waals surface area contributed by atoms with Crippen LogP contribution >= 0.6 is 23.2 Å². The molecular weight excluding hydrogens is 283 g/mol. The maximum absolute atomic E-state index is 10.7. The van der Waals surface area contributed by atoms with E-state index in [1.54, 1.807) is 6.92 Å². The lowest BCUT2D eigenvalue weighted by Crippen LogP contribution is -1.98. The highest BCUT2D eigenvalue weighted by molar-refractivity contribution is 6.38. The Bertz CT molecular complexity index is 543. The fraction of sp³-hybridized carbons (Fsp3) is 0.200. The van der Waals surface area contributed by atoms with Crippen LogP contribution in [0, 0.1) is 20.2 Å². The second kappa shape index (κ2) is 5.79. The van der Waals surface area contributed by atoms with Gasteiger partial charge in [0.25, 0.3) is 5.69 Å². The van der Waals surface area contributed by atoms with Crippen molar-refractivity contribution < 1.29 is 9.85 Å². The van der Waals surface area contributed by atoms with Gasteiger partial charge in [-0.15, -0.1) is 0 Å². The van der Waals surface area contributed by atoms with Crippen LogP contribution in [-0.2, 0) is 0 Å². The third kappa shape index (κ3) is 2.96. The van der Waals surface area contributed by atoms with E-state index in [1.807, 2.05) is 0 Å². The minimum atomic E-state index is -0.673. The van der Waals surface area contributed by atoms with Gasteiger partial charge in [-0.1, -0.05) is 30.1 Å². The molecule has 6 nitrogen and oxygen atoms in total. The highest BCUT2D eigenvalue weighted by atomic mass is 35.5. The average molecular weight is 291 g/mol. The zero-order valence-electron chi connectivity index (χ0n) is 9.22. The monoisotopic (exact) mass is 290 g/mol. The summed E-state index contributed by atoms with van der Waals surface area (Å²) in [5.74, 6) is 0. The van der Waals surface area contributed by atoms with Crippen molar-refractivity contribution in [2.45, 2.75) is 13.3 Å². The third-order valence-electron chi connectivity index (χ3n) is 2.21. The molecule has 0 spiro atoms. The Kier molecular flexibility index (Phi) is 4.63. The molecule has 0 radical (unpaired) electrons. The molecule has 0 amide bonds. The topological polar surface area (TPSA) is 86.3 Å². The number of nitro benzene ring substituents is 1. The Morgan fingerprint density at radius 2 is 1.94 bits per heavy atom. The summed E-state index contributed by atoms with van der Waals surface area (Å²) in [7, 11) is 0. The predicted octanol–water partition coefficient (Wildman–Crippen LogP) is 3.93. The molecule has 96 valence electrons. The van der Waals surface area contributed by atoms with Gasteiger partial charge in [-0.05, 0) is 6.07 Å². The fourth-order valence-corrected chi connectivity index (χ4v) is 1.83. The Balaban J connectivity index is 3.45. The summed E-state index contributed by atoms with van der Waals surface area (Å²) >= 11 is 11.7. The number of benzene rings is 1. The van der Waals surface area contributed by atoms with Crippen LogP contribution in [-0.4, -0.2) is 9.85 Å². The van der Waals surface area contributed by atoms with Crippen LogP contribution in [0.3, 0.4) is 0 Å². The minimum Gasteiger partial charge on any atom is -0.259 e. The van der Waals surface area contributed by atoms with Crippen molar-refractivity contribution in [3.05, 3.63) is 53.7 Å². The molecule has 0 unspecified atom stereocenters. The number of hydrogen-bond donors (Lipinski definition) is 0. The summed E-state index contributed by atoms with van der Waals surface area (Å²) in [6.45, 7) is 1.59. The standard InChI is InChI=1S/C10H8Cl2N2O4/c1-2-6(13(15)16)5-7-8(11)3-4-9(10(7)12)14(17)18/h3-5H,2H2,1H3/b6-5+. The van der Waals surface area contributed by atoms with E-state index in [-0.39, 0.29) is 33.4 Å². The summed E-state index contributed by atoms with van der Waals surface area (Å²) in [4.78, 5) is 20.1. The average Bonchev–Trinajstić information content (AvgIpc) is 2.28. The van der Waals surface area contributed by atoms with Gasteiger partial charge in [-0.3, -0.25) is 20.2 Å². The van der Waals surface area contributed by atoms with Gasteiger partial charge < -0.3 is 0 Å².